The minimum Gasteiger partial charge on any atom is -0.387 e. The van der Waals surface area contributed by atoms with Crippen molar-refractivity contribution in [2.45, 2.75) is 32.4 Å². The zero-order valence-corrected chi connectivity index (χ0v) is 17.2. The summed E-state index contributed by atoms with van der Waals surface area (Å²) < 4.78 is 0. The van der Waals surface area contributed by atoms with E-state index in [2.05, 4.69) is 15.1 Å². The van der Waals surface area contributed by atoms with Gasteiger partial charge in [-0.15, -0.1) is 0 Å². The summed E-state index contributed by atoms with van der Waals surface area (Å²) in [6.45, 7) is 2.65. The predicted molar refractivity (Wildman–Crippen MR) is 115 cm³/mol. The molecule has 154 valence electrons. The minimum absolute atomic E-state index is 0.166. The van der Waals surface area contributed by atoms with Crippen LogP contribution < -0.4 is 5.56 Å². The number of nitrogens with zero attached hydrogens (tertiary/aromatic N) is 3. The van der Waals surface area contributed by atoms with Crippen LogP contribution in [0.2, 0.25) is 5.02 Å². The summed E-state index contributed by atoms with van der Waals surface area (Å²) >= 11 is 6.03. The number of oxime groups is 1. The Morgan fingerprint density at radius 1 is 1.27 bits per heavy atom. The quantitative estimate of drug-likeness (QED) is 0.651. The molecule has 1 N–H and O–H groups in total. The van der Waals surface area contributed by atoms with Crippen molar-refractivity contribution < 1.29 is 9.63 Å². The summed E-state index contributed by atoms with van der Waals surface area (Å²) in [5.41, 5.74) is 1.57. The van der Waals surface area contributed by atoms with Gasteiger partial charge in [-0.25, -0.2) is 4.98 Å². The van der Waals surface area contributed by atoms with Crippen LogP contribution in [0, 0.1) is 0 Å². The molecule has 0 spiro atoms. The average Bonchev–Trinajstić information content (AvgIpc) is 3.23. The number of aromatic nitrogens is 2. The van der Waals surface area contributed by atoms with Crippen molar-refractivity contribution in [3.63, 3.8) is 0 Å². The van der Waals surface area contributed by atoms with Crippen molar-refractivity contribution in [3.05, 3.63) is 75.3 Å². The molecule has 2 heterocycles. The van der Waals surface area contributed by atoms with E-state index in [4.69, 9.17) is 16.4 Å². The van der Waals surface area contributed by atoms with Gasteiger partial charge in [-0.3, -0.25) is 9.59 Å². The van der Waals surface area contributed by atoms with E-state index in [0.29, 0.717) is 40.4 Å². The lowest BCUT2D eigenvalue weighted by molar-refractivity contribution is -0.125. The second-order valence-corrected chi connectivity index (χ2v) is 7.58. The number of hydrogen-bond acceptors (Lipinski definition) is 5. The first kappa shape index (κ1) is 20.1. The van der Waals surface area contributed by atoms with E-state index >= 15 is 0 Å². The molecule has 1 aromatic heterocycles. The van der Waals surface area contributed by atoms with E-state index in [1.807, 2.05) is 37.3 Å². The molecule has 0 saturated heterocycles. The first-order valence-electron chi connectivity index (χ1n) is 9.80. The first-order valence-corrected chi connectivity index (χ1v) is 10.2. The van der Waals surface area contributed by atoms with Gasteiger partial charge in [0.05, 0.1) is 17.4 Å². The minimum atomic E-state index is -0.269. The predicted octanol–water partition coefficient (Wildman–Crippen LogP) is 3.83. The van der Waals surface area contributed by atoms with Crippen LogP contribution in [-0.2, 0) is 16.2 Å². The van der Waals surface area contributed by atoms with Crippen LogP contribution in [0.15, 0.2) is 58.5 Å². The summed E-state index contributed by atoms with van der Waals surface area (Å²) in [5.74, 6) is 0.180. The fourth-order valence-corrected chi connectivity index (χ4v) is 3.64. The largest absolute Gasteiger partial charge is 0.387 e. The second kappa shape index (κ2) is 8.67. The number of halogens is 1. The molecular formula is C22H21ClN4O3. The van der Waals surface area contributed by atoms with Gasteiger partial charge in [0, 0.05) is 18.0 Å². The van der Waals surface area contributed by atoms with E-state index in [9.17, 15) is 9.59 Å². The number of hydrogen-bond donors (Lipinski definition) is 1. The number of amides is 1. The fourth-order valence-electron chi connectivity index (χ4n) is 3.47. The Morgan fingerprint density at radius 2 is 2.07 bits per heavy atom. The number of rotatable bonds is 6. The zero-order valence-electron chi connectivity index (χ0n) is 16.5. The Bertz CT molecular complexity index is 1160. The van der Waals surface area contributed by atoms with Crippen LogP contribution in [0.4, 0.5) is 0 Å². The molecule has 0 saturated carbocycles. The van der Waals surface area contributed by atoms with Gasteiger partial charge in [0.2, 0.25) is 0 Å². The number of aromatic amines is 1. The van der Waals surface area contributed by atoms with E-state index in [1.165, 1.54) is 0 Å². The average molecular weight is 425 g/mol. The third-order valence-electron chi connectivity index (χ3n) is 4.93. The number of carbonyl (C=O) groups excluding carboxylic acids is 1. The van der Waals surface area contributed by atoms with Gasteiger partial charge in [-0.1, -0.05) is 54.0 Å². The molecule has 1 unspecified atom stereocenters. The maximum Gasteiger partial charge on any atom is 0.272 e. The second-order valence-electron chi connectivity index (χ2n) is 7.15. The monoisotopic (exact) mass is 424 g/mol. The highest BCUT2D eigenvalue weighted by molar-refractivity contribution is 6.39. The lowest BCUT2D eigenvalue weighted by Gasteiger charge is -2.21. The Hall–Kier alpha value is -3.19. The molecular weight excluding hydrogens is 404 g/mol. The third-order valence-corrected chi connectivity index (χ3v) is 5.16. The third kappa shape index (κ3) is 4.21. The van der Waals surface area contributed by atoms with Crippen molar-refractivity contribution in [1.29, 1.82) is 0 Å². The summed E-state index contributed by atoms with van der Waals surface area (Å²) in [5, 5.41) is 4.99. The Balaban J connectivity index is 1.53. The SMILES string of the molecule is CCCN(Cc1nc2cc(Cl)ccc2c(=O)[nH]1)C(=O)C1=NOC(c2ccccc2)C1. The summed E-state index contributed by atoms with van der Waals surface area (Å²) in [6, 6.07) is 14.6. The molecule has 1 aliphatic heterocycles. The molecule has 1 aliphatic rings. The number of nitrogens with one attached hydrogen (secondary N) is 1. The first-order chi connectivity index (χ1) is 14.5. The van der Waals surface area contributed by atoms with Gasteiger partial charge in [0.1, 0.15) is 11.5 Å². The van der Waals surface area contributed by atoms with Crippen LogP contribution in [0.25, 0.3) is 10.9 Å². The highest BCUT2D eigenvalue weighted by Crippen LogP contribution is 2.27. The molecule has 0 aliphatic carbocycles. The Kier molecular flexibility index (Phi) is 5.81. The molecule has 7 nitrogen and oxygen atoms in total. The van der Waals surface area contributed by atoms with Gasteiger partial charge in [0.25, 0.3) is 11.5 Å². The topological polar surface area (TPSA) is 87.7 Å². The lowest BCUT2D eigenvalue weighted by atomic mass is 10.0. The lowest BCUT2D eigenvalue weighted by Crippen LogP contribution is -2.37. The van der Waals surface area contributed by atoms with Gasteiger partial charge in [-0.2, -0.15) is 0 Å². The molecule has 3 aromatic rings. The molecule has 0 bridgehead atoms. The Morgan fingerprint density at radius 3 is 2.83 bits per heavy atom. The maximum absolute atomic E-state index is 13.1. The molecule has 30 heavy (non-hydrogen) atoms. The van der Waals surface area contributed by atoms with E-state index in [-0.39, 0.29) is 24.1 Å². The molecule has 2 aromatic carbocycles. The summed E-state index contributed by atoms with van der Waals surface area (Å²) in [7, 11) is 0. The van der Waals surface area contributed by atoms with Crippen molar-refractivity contribution in [2.75, 3.05) is 6.54 Å². The maximum atomic E-state index is 13.1. The fraction of sp³-hybridized carbons (Fsp3) is 0.273. The number of benzene rings is 2. The number of H-pyrrole nitrogens is 1. The smallest absolute Gasteiger partial charge is 0.272 e. The van der Waals surface area contributed by atoms with E-state index < -0.39 is 0 Å². The van der Waals surface area contributed by atoms with Crippen LogP contribution in [0.3, 0.4) is 0 Å². The molecule has 8 heteroatoms. The Labute approximate surface area is 178 Å². The van der Waals surface area contributed by atoms with E-state index in [0.717, 1.165) is 12.0 Å². The molecule has 0 radical (unpaired) electrons. The van der Waals surface area contributed by atoms with Crippen LogP contribution in [0.1, 0.15) is 37.3 Å². The molecule has 1 amide bonds. The van der Waals surface area contributed by atoms with Crippen molar-refractivity contribution >= 4 is 34.1 Å². The van der Waals surface area contributed by atoms with Crippen molar-refractivity contribution in [3.8, 4) is 0 Å². The zero-order chi connectivity index (χ0) is 21.1. The number of fused-ring (bicyclic) bond motifs is 1. The van der Waals surface area contributed by atoms with Crippen LogP contribution >= 0.6 is 11.6 Å². The molecule has 0 fully saturated rings. The normalized spacial score (nSPS) is 15.7. The summed E-state index contributed by atoms with van der Waals surface area (Å²) in [4.78, 5) is 39.9. The van der Waals surface area contributed by atoms with Gasteiger partial charge in [0.15, 0.2) is 6.10 Å². The number of carbonyl (C=O) groups is 1. The van der Waals surface area contributed by atoms with Crippen molar-refractivity contribution in [2.24, 2.45) is 5.16 Å². The standard InChI is InChI=1S/C22H21ClN4O3/c1-2-10-27(13-20-24-17-11-15(23)8-9-16(17)21(28)25-20)22(29)18-12-19(30-26-18)14-6-4-3-5-7-14/h3-9,11,19H,2,10,12-13H2,1H3,(H,24,25,28). The van der Waals surface area contributed by atoms with Gasteiger partial charge in [-0.05, 0) is 30.2 Å². The van der Waals surface area contributed by atoms with Crippen molar-refractivity contribution in [1.82, 2.24) is 14.9 Å². The van der Waals surface area contributed by atoms with Crippen LogP contribution in [0.5, 0.6) is 0 Å². The summed E-state index contributed by atoms with van der Waals surface area (Å²) in [6.07, 6.45) is 0.890. The molecule has 4 rings (SSSR count). The van der Waals surface area contributed by atoms with Crippen LogP contribution in [-0.4, -0.2) is 33.0 Å². The highest BCUT2D eigenvalue weighted by atomic mass is 35.5. The van der Waals surface area contributed by atoms with E-state index in [1.54, 1.807) is 23.1 Å². The molecule has 1 atom stereocenters. The van der Waals surface area contributed by atoms with Gasteiger partial charge >= 0.3 is 0 Å². The highest BCUT2D eigenvalue weighted by Gasteiger charge is 2.30. The van der Waals surface area contributed by atoms with Gasteiger partial charge < -0.3 is 14.7 Å².